The van der Waals surface area contributed by atoms with Crippen molar-refractivity contribution in [3.63, 3.8) is 0 Å². The Kier molecular flexibility index (Phi) is 8.08. The maximum Gasteiger partial charge on any atom is 0.271 e. The number of carbonyl (C=O) groups is 2. The maximum absolute atomic E-state index is 12.1. The molecule has 0 atom stereocenters. The van der Waals surface area contributed by atoms with E-state index in [2.05, 4.69) is 15.8 Å². The van der Waals surface area contributed by atoms with E-state index in [-0.39, 0.29) is 18.4 Å². The molecule has 0 unspecified atom stereocenters. The molecule has 9 heteroatoms. The predicted octanol–water partition coefficient (Wildman–Crippen LogP) is 4.78. The third-order valence-electron chi connectivity index (χ3n) is 4.18. The Bertz CT molecular complexity index is 1120. The van der Waals surface area contributed by atoms with E-state index in [1.54, 1.807) is 73.8 Å². The zero-order chi connectivity index (χ0) is 22.9. The first-order valence-electron chi connectivity index (χ1n) is 9.40. The number of hydrogen-bond donors (Lipinski definition) is 2. The lowest BCUT2D eigenvalue weighted by molar-refractivity contribution is -0.118. The number of ether oxygens (including phenoxy) is 2. The van der Waals surface area contributed by atoms with Gasteiger partial charge in [0.25, 0.3) is 11.8 Å². The van der Waals surface area contributed by atoms with Gasteiger partial charge >= 0.3 is 0 Å². The summed E-state index contributed by atoms with van der Waals surface area (Å²) in [5.41, 5.74) is 4.07. The molecular formula is C23H19Cl2N3O4. The summed E-state index contributed by atoms with van der Waals surface area (Å²) in [6.07, 6.45) is 1.50. The molecule has 0 aromatic heterocycles. The van der Waals surface area contributed by atoms with E-state index < -0.39 is 0 Å². The zero-order valence-corrected chi connectivity index (χ0v) is 18.5. The Morgan fingerprint density at radius 2 is 1.66 bits per heavy atom. The third kappa shape index (κ3) is 6.73. The molecule has 0 aliphatic heterocycles. The lowest BCUT2D eigenvalue weighted by Gasteiger charge is -2.09. The van der Waals surface area contributed by atoms with E-state index in [4.69, 9.17) is 32.7 Å². The highest BCUT2D eigenvalue weighted by atomic mass is 35.5. The smallest absolute Gasteiger partial charge is 0.271 e. The van der Waals surface area contributed by atoms with Gasteiger partial charge in [0.15, 0.2) is 6.61 Å². The van der Waals surface area contributed by atoms with Crippen LogP contribution in [0.5, 0.6) is 11.5 Å². The average Bonchev–Trinajstić information content (AvgIpc) is 2.81. The molecule has 0 aliphatic carbocycles. The van der Waals surface area contributed by atoms with Crippen LogP contribution in [-0.4, -0.2) is 31.7 Å². The first-order chi connectivity index (χ1) is 15.4. The Morgan fingerprint density at radius 3 is 2.34 bits per heavy atom. The number of halogens is 2. The highest BCUT2D eigenvalue weighted by Crippen LogP contribution is 2.25. The summed E-state index contributed by atoms with van der Waals surface area (Å²) in [5.74, 6) is 0.450. The largest absolute Gasteiger partial charge is 0.497 e. The van der Waals surface area contributed by atoms with Crippen LogP contribution in [0.1, 0.15) is 15.9 Å². The minimum Gasteiger partial charge on any atom is -0.497 e. The van der Waals surface area contributed by atoms with E-state index in [1.165, 1.54) is 6.21 Å². The molecule has 0 radical (unpaired) electrons. The second kappa shape index (κ2) is 11.2. The number of methoxy groups -OCH3 is 1. The number of nitrogens with one attached hydrogen (secondary N) is 2. The number of nitrogens with zero attached hydrogens (tertiary/aromatic N) is 1. The van der Waals surface area contributed by atoms with Gasteiger partial charge in [0.05, 0.1) is 24.0 Å². The van der Waals surface area contributed by atoms with Crippen LogP contribution < -0.4 is 20.2 Å². The van der Waals surface area contributed by atoms with Crippen LogP contribution in [0.25, 0.3) is 0 Å². The minimum absolute atomic E-state index is 0.200. The molecule has 0 bridgehead atoms. The zero-order valence-electron chi connectivity index (χ0n) is 17.0. The standard InChI is InChI=1S/C23H19Cl2N3O4/c1-31-18-9-4-16(5-10-18)23(30)28-26-13-15-2-7-19(8-3-15)32-14-22(29)27-21-12-17(24)6-11-20(21)25/h2-13H,14H2,1H3,(H,27,29)(H,28,30)/b26-13-. The van der Waals surface area contributed by atoms with Gasteiger partial charge in [-0.25, -0.2) is 5.43 Å². The predicted molar refractivity (Wildman–Crippen MR) is 125 cm³/mol. The normalized spacial score (nSPS) is 10.6. The lowest BCUT2D eigenvalue weighted by Crippen LogP contribution is -2.20. The van der Waals surface area contributed by atoms with Crippen LogP contribution >= 0.6 is 23.2 Å². The summed E-state index contributed by atoms with van der Waals surface area (Å²) in [6, 6.07) is 18.3. The van der Waals surface area contributed by atoms with Crippen molar-refractivity contribution < 1.29 is 19.1 Å². The first-order valence-corrected chi connectivity index (χ1v) is 10.2. The van der Waals surface area contributed by atoms with Gasteiger partial charge in [-0.15, -0.1) is 0 Å². The van der Waals surface area contributed by atoms with Gasteiger partial charge in [-0.2, -0.15) is 5.10 Å². The molecule has 2 N–H and O–H groups in total. The number of benzene rings is 3. The molecule has 0 saturated carbocycles. The summed E-state index contributed by atoms with van der Waals surface area (Å²) in [4.78, 5) is 24.1. The van der Waals surface area contributed by atoms with E-state index in [9.17, 15) is 9.59 Å². The summed E-state index contributed by atoms with van der Waals surface area (Å²) < 4.78 is 10.5. The van der Waals surface area contributed by atoms with Crippen molar-refractivity contribution in [2.75, 3.05) is 19.0 Å². The Morgan fingerprint density at radius 1 is 0.969 bits per heavy atom. The number of rotatable bonds is 8. The van der Waals surface area contributed by atoms with Gasteiger partial charge in [0.1, 0.15) is 11.5 Å². The van der Waals surface area contributed by atoms with Crippen LogP contribution in [0, 0.1) is 0 Å². The molecule has 0 heterocycles. The van der Waals surface area contributed by atoms with E-state index in [0.29, 0.717) is 32.8 Å². The number of hydrazone groups is 1. The third-order valence-corrected chi connectivity index (χ3v) is 4.75. The van der Waals surface area contributed by atoms with E-state index >= 15 is 0 Å². The Balaban J connectivity index is 1.47. The maximum atomic E-state index is 12.1. The highest BCUT2D eigenvalue weighted by Gasteiger charge is 2.08. The van der Waals surface area contributed by atoms with Crippen molar-refractivity contribution in [3.8, 4) is 11.5 Å². The molecular weight excluding hydrogens is 453 g/mol. The molecule has 3 aromatic carbocycles. The number of anilines is 1. The fourth-order valence-corrected chi connectivity index (χ4v) is 2.89. The molecule has 2 amide bonds. The van der Waals surface area contributed by atoms with Crippen LogP contribution in [-0.2, 0) is 4.79 Å². The summed E-state index contributed by atoms with van der Waals surface area (Å²) in [5, 5.41) is 7.43. The van der Waals surface area contributed by atoms with Gasteiger partial charge in [-0.1, -0.05) is 23.2 Å². The summed E-state index contributed by atoms with van der Waals surface area (Å²) in [6.45, 7) is -0.200. The van der Waals surface area contributed by atoms with Crippen molar-refractivity contribution in [1.82, 2.24) is 5.43 Å². The Labute approximate surface area is 194 Å². The summed E-state index contributed by atoms with van der Waals surface area (Å²) in [7, 11) is 1.56. The van der Waals surface area contributed by atoms with Crippen molar-refractivity contribution in [2.45, 2.75) is 0 Å². The molecule has 3 aromatic rings. The first kappa shape index (κ1) is 23.1. The van der Waals surface area contributed by atoms with Crippen molar-refractivity contribution in [1.29, 1.82) is 0 Å². The van der Waals surface area contributed by atoms with Crippen LogP contribution in [0.15, 0.2) is 71.8 Å². The fourth-order valence-electron chi connectivity index (χ4n) is 2.55. The Hall–Kier alpha value is -3.55. The van der Waals surface area contributed by atoms with Gasteiger partial charge in [-0.3, -0.25) is 9.59 Å². The van der Waals surface area contributed by atoms with Crippen LogP contribution in [0.3, 0.4) is 0 Å². The van der Waals surface area contributed by atoms with Crippen molar-refractivity contribution in [3.05, 3.63) is 87.9 Å². The lowest BCUT2D eigenvalue weighted by atomic mass is 10.2. The molecule has 7 nitrogen and oxygen atoms in total. The van der Waals surface area contributed by atoms with Crippen LogP contribution in [0.4, 0.5) is 5.69 Å². The summed E-state index contributed by atoms with van der Waals surface area (Å²) >= 11 is 11.9. The molecule has 164 valence electrons. The second-order valence-corrected chi connectivity index (χ2v) is 7.30. The number of amides is 2. The SMILES string of the molecule is COc1ccc(C(=O)N/N=C\c2ccc(OCC(=O)Nc3cc(Cl)ccc3Cl)cc2)cc1. The monoisotopic (exact) mass is 471 g/mol. The highest BCUT2D eigenvalue weighted by molar-refractivity contribution is 6.35. The van der Waals surface area contributed by atoms with E-state index in [1.807, 2.05) is 0 Å². The van der Waals surface area contributed by atoms with Gasteiger partial charge in [0.2, 0.25) is 0 Å². The van der Waals surface area contributed by atoms with Crippen LogP contribution in [0.2, 0.25) is 10.0 Å². The topological polar surface area (TPSA) is 89.0 Å². The quantitative estimate of drug-likeness (QED) is 0.365. The van der Waals surface area contributed by atoms with Crippen molar-refractivity contribution >= 4 is 46.9 Å². The molecule has 32 heavy (non-hydrogen) atoms. The van der Waals surface area contributed by atoms with Gasteiger partial charge in [-0.05, 0) is 72.3 Å². The van der Waals surface area contributed by atoms with Crippen molar-refractivity contribution in [2.24, 2.45) is 5.10 Å². The average molecular weight is 472 g/mol. The number of carbonyl (C=O) groups excluding carboxylic acids is 2. The second-order valence-electron chi connectivity index (χ2n) is 6.46. The minimum atomic E-state index is -0.374. The molecule has 0 aliphatic rings. The van der Waals surface area contributed by atoms with Gasteiger partial charge in [0, 0.05) is 10.6 Å². The fraction of sp³-hybridized carbons (Fsp3) is 0.0870. The molecule has 3 rings (SSSR count). The molecule has 0 fully saturated rings. The van der Waals surface area contributed by atoms with E-state index in [0.717, 1.165) is 5.56 Å². The number of hydrogen-bond acceptors (Lipinski definition) is 5. The molecule has 0 spiro atoms. The van der Waals surface area contributed by atoms with Gasteiger partial charge < -0.3 is 14.8 Å². The molecule has 0 saturated heterocycles.